The Morgan fingerprint density at radius 1 is 1.64 bits per heavy atom. The highest BCUT2D eigenvalue weighted by atomic mass is 79.9. The number of hydrogen-bond donors (Lipinski definition) is 1. The molecule has 0 saturated carbocycles. The first-order valence-corrected chi connectivity index (χ1v) is 6.03. The van der Waals surface area contributed by atoms with Crippen molar-refractivity contribution in [2.24, 2.45) is 0 Å². The highest BCUT2D eigenvalue weighted by Gasteiger charge is 2.13. The van der Waals surface area contributed by atoms with Crippen LogP contribution in [0.2, 0.25) is 0 Å². The van der Waals surface area contributed by atoms with Gasteiger partial charge in [0, 0.05) is 5.57 Å². The average molecular weight is 322 g/mol. The summed E-state index contributed by atoms with van der Waals surface area (Å²) in [6, 6.07) is 0. The van der Waals surface area contributed by atoms with Crippen LogP contribution in [0.1, 0.15) is 13.3 Å². The van der Waals surface area contributed by atoms with Crippen LogP contribution in [0.3, 0.4) is 0 Å². The summed E-state index contributed by atoms with van der Waals surface area (Å²) in [6.45, 7) is 1.78. The monoisotopic (exact) mass is 320 g/mol. The SMILES string of the molecule is CC1=C(O)C(Br)=CCC(C(=O)CBr)=C1. The number of rotatable bonds is 2. The molecule has 0 saturated heterocycles. The summed E-state index contributed by atoms with van der Waals surface area (Å²) < 4.78 is 0.642. The van der Waals surface area contributed by atoms with Gasteiger partial charge in [-0.15, -0.1) is 0 Å². The quantitative estimate of drug-likeness (QED) is 0.792. The number of carbonyl (C=O) groups is 1. The van der Waals surface area contributed by atoms with Crippen LogP contribution in [0.15, 0.2) is 33.5 Å². The van der Waals surface area contributed by atoms with E-state index < -0.39 is 0 Å². The summed E-state index contributed by atoms with van der Waals surface area (Å²) in [5.74, 6) is 0.248. The number of Topliss-reactive ketones (excluding diaryl/α,β-unsaturated/α-hetero) is 1. The summed E-state index contributed by atoms with van der Waals surface area (Å²) in [5, 5.41) is 9.91. The third kappa shape index (κ3) is 2.58. The molecule has 76 valence electrons. The fraction of sp³-hybridized carbons (Fsp3) is 0.300. The van der Waals surface area contributed by atoms with Gasteiger partial charge in [0.1, 0.15) is 5.76 Å². The van der Waals surface area contributed by atoms with Crippen molar-refractivity contribution in [3.8, 4) is 0 Å². The summed E-state index contributed by atoms with van der Waals surface area (Å²) >= 11 is 6.36. The summed E-state index contributed by atoms with van der Waals surface area (Å²) in [4.78, 5) is 11.4. The van der Waals surface area contributed by atoms with Crippen LogP contribution < -0.4 is 0 Å². The average Bonchev–Trinajstić information content (AvgIpc) is 2.31. The van der Waals surface area contributed by atoms with Crippen LogP contribution in [0.5, 0.6) is 0 Å². The van der Waals surface area contributed by atoms with Gasteiger partial charge in [0.15, 0.2) is 5.78 Å². The molecule has 0 radical (unpaired) electrons. The van der Waals surface area contributed by atoms with Crippen LogP contribution in [0, 0.1) is 0 Å². The fourth-order valence-corrected chi connectivity index (χ4v) is 1.99. The van der Waals surface area contributed by atoms with Crippen molar-refractivity contribution in [1.82, 2.24) is 0 Å². The first-order valence-electron chi connectivity index (χ1n) is 4.12. The maximum atomic E-state index is 11.4. The normalized spacial score (nSPS) is 17.4. The molecule has 0 aliphatic heterocycles. The van der Waals surface area contributed by atoms with E-state index in [1.807, 2.05) is 0 Å². The fourth-order valence-electron chi connectivity index (χ4n) is 1.15. The van der Waals surface area contributed by atoms with Crippen molar-refractivity contribution < 1.29 is 9.90 Å². The van der Waals surface area contributed by atoms with E-state index in [1.165, 1.54) is 0 Å². The van der Waals surface area contributed by atoms with E-state index in [0.717, 1.165) is 0 Å². The number of carbonyl (C=O) groups excluding carboxylic acids is 1. The highest BCUT2D eigenvalue weighted by Crippen LogP contribution is 2.25. The lowest BCUT2D eigenvalue weighted by Crippen LogP contribution is -2.02. The van der Waals surface area contributed by atoms with Gasteiger partial charge in [-0.05, 0) is 40.9 Å². The topological polar surface area (TPSA) is 37.3 Å². The van der Waals surface area contributed by atoms with Crippen molar-refractivity contribution in [1.29, 1.82) is 0 Å². The van der Waals surface area contributed by atoms with E-state index in [0.29, 0.717) is 27.4 Å². The zero-order valence-corrected chi connectivity index (χ0v) is 10.9. The van der Waals surface area contributed by atoms with Gasteiger partial charge < -0.3 is 5.11 Å². The van der Waals surface area contributed by atoms with E-state index in [2.05, 4.69) is 31.9 Å². The molecule has 0 amide bonds. The van der Waals surface area contributed by atoms with Gasteiger partial charge in [0.2, 0.25) is 0 Å². The Hall–Kier alpha value is -0.350. The van der Waals surface area contributed by atoms with Crippen molar-refractivity contribution in [2.75, 3.05) is 5.33 Å². The molecule has 0 unspecified atom stereocenters. The largest absolute Gasteiger partial charge is 0.507 e. The van der Waals surface area contributed by atoms with Crippen LogP contribution in [0.25, 0.3) is 0 Å². The van der Waals surface area contributed by atoms with E-state index >= 15 is 0 Å². The van der Waals surface area contributed by atoms with Gasteiger partial charge >= 0.3 is 0 Å². The van der Waals surface area contributed by atoms with Crippen molar-refractivity contribution in [3.05, 3.63) is 33.5 Å². The molecule has 1 aliphatic carbocycles. The lowest BCUT2D eigenvalue weighted by atomic mass is 10.1. The number of ketones is 1. The van der Waals surface area contributed by atoms with Crippen molar-refractivity contribution >= 4 is 37.6 Å². The Kier molecular flexibility index (Phi) is 4.13. The lowest BCUT2D eigenvalue weighted by molar-refractivity contribution is -0.113. The summed E-state index contributed by atoms with van der Waals surface area (Å²) in [7, 11) is 0. The maximum absolute atomic E-state index is 11.4. The third-order valence-electron chi connectivity index (χ3n) is 1.97. The molecule has 0 aromatic carbocycles. The standard InChI is InChI=1S/C10H10Br2O2/c1-6-4-7(9(13)5-11)2-3-8(12)10(6)14/h3-4,14H,2,5H2,1H3. The molecule has 4 heteroatoms. The molecule has 0 aromatic heterocycles. The molecule has 2 nitrogen and oxygen atoms in total. The van der Waals surface area contributed by atoms with E-state index in [1.54, 1.807) is 19.1 Å². The molecular weight excluding hydrogens is 312 g/mol. The van der Waals surface area contributed by atoms with Gasteiger partial charge in [0.05, 0.1) is 9.81 Å². The molecule has 14 heavy (non-hydrogen) atoms. The number of aliphatic hydroxyl groups excluding tert-OH is 1. The van der Waals surface area contributed by atoms with Crippen LogP contribution in [-0.2, 0) is 4.79 Å². The molecule has 1 rings (SSSR count). The molecule has 0 aromatic rings. The van der Waals surface area contributed by atoms with Crippen molar-refractivity contribution in [2.45, 2.75) is 13.3 Å². The van der Waals surface area contributed by atoms with Gasteiger partial charge in [-0.2, -0.15) is 0 Å². The van der Waals surface area contributed by atoms with E-state index in [9.17, 15) is 9.90 Å². The molecule has 0 atom stereocenters. The van der Waals surface area contributed by atoms with Crippen LogP contribution >= 0.6 is 31.9 Å². The third-order valence-corrected chi connectivity index (χ3v) is 3.18. The number of alkyl halides is 1. The minimum Gasteiger partial charge on any atom is -0.507 e. The second-order valence-corrected chi connectivity index (χ2v) is 4.43. The second-order valence-electron chi connectivity index (χ2n) is 3.01. The molecule has 0 bridgehead atoms. The molecular formula is C10H10Br2O2. The lowest BCUT2D eigenvalue weighted by Gasteiger charge is -1.99. The molecule has 0 fully saturated rings. The Morgan fingerprint density at radius 2 is 2.29 bits per heavy atom. The first-order chi connectivity index (χ1) is 6.56. The molecule has 0 spiro atoms. The molecule has 1 aliphatic rings. The Morgan fingerprint density at radius 3 is 2.86 bits per heavy atom. The Labute approximate surface area is 99.6 Å². The smallest absolute Gasteiger partial charge is 0.169 e. The Bertz CT molecular complexity index is 351. The van der Waals surface area contributed by atoms with Gasteiger partial charge in [-0.1, -0.05) is 22.0 Å². The molecule has 1 N–H and O–H groups in total. The predicted molar refractivity (Wildman–Crippen MR) is 63.8 cm³/mol. The van der Waals surface area contributed by atoms with E-state index in [-0.39, 0.29) is 11.5 Å². The Balaban J connectivity index is 3.06. The highest BCUT2D eigenvalue weighted by molar-refractivity contribution is 9.12. The zero-order chi connectivity index (χ0) is 10.7. The minimum atomic E-state index is 0.0515. The van der Waals surface area contributed by atoms with Gasteiger partial charge in [0.25, 0.3) is 0 Å². The number of allylic oxidation sites excluding steroid dienone is 5. The maximum Gasteiger partial charge on any atom is 0.169 e. The minimum absolute atomic E-state index is 0.0515. The number of hydrogen-bond acceptors (Lipinski definition) is 2. The predicted octanol–water partition coefficient (Wildman–Crippen LogP) is 3.39. The first kappa shape index (κ1) is 11.7. The zero-order valence-electron chi connectivity index (χ0n) is 7.68. The second kappa shape index (κ2) is 4.94. The van der Waals surface area contributed by atoms with Gasteiger partial charge in [-0.3, -0.25) is 4.79 Å². The van der Waals surface area contributed by atoms with Crippen molar-refractivity contribution in [3.63, 3.8) is 0 Å². The number of aliphatic hydroxyl groups is 1. The summed E-state index contributed by atoms with van der Waals surface area (Å²) in [5.41, 5.74) is 1.41. The van der Waals surface area contributed by atoms with E-state index in [4.69, 9.17) is 0 Å². The number of halogens is 2. The van der Waals surface area contributed by atoms with Crippen LogP contribution in [-0.4, -0.2) is 16.2 Å². The van der Waals surface area contributed by atoms with Crippen LogP contribution in [0.4, 0.5) is 0 Å². The molecule has 0 heterocycles. The summed E-state index contributed by atoms with van der Waals surface area (Å²) in [6.07, 6.45) is 4.06. The van der Waals surface area contributed by atoms with Gasteiger partial charge in [-0.25, -0.2) is 0 Å².